The minimum absolute atomic E-state index is 0.631. The molecule has 0 aliphatic heterocycles. The summed E-state index contributed by atoms with van der Waals surface area (Å²) in [5, 5.41) is 7.49. The van der Waals surface area contributed by atoms with Gasteiger partial charge in [0.2, 0.25) is 5.95 Å². The molecule has 1 aromatic heterocycles. The van der Waals surface area contributed by atoms with Gasteiger partial charge in [-0.25, -0.2) is 4.98 Å². The van der Waals surface area contributed by atoms with Gasteiger partial charge in [-0.15, -0.1) is 6.58 Å². The van der Waals surface area contributed by atoms with Crippen molar-refractivity contribution >= 4 is 22.7 Å². The predicted molar refractivity (Wildman–Crippen MR) is 86.3 cm³/mol. The van der Waals surface area contributed by atoms with Crippen LogP contribution in [0.1, 0.15) is 12.5 Å². The van der Waals surface area contributed by atoms with E-state index in [2.05, 4.69) is 46.2 Å². The van der Waals surface area contributed by atoms with Gasteiger partial charge in [0.15, 0.2) is 0 Å². The Hall–Kier alpha value is -2.36. The molecule has 0 aliphatic rings. The van der Waals surface area contributed by atoms with Gasteiger partial charge in [-0.05, 0) is 26.0 Å². The van der Waals surface area contributed by atoms with E-state index in [0.29, 0.717) is 12.5 Å². The van der Waals surface area contributed by atoms with Crippen LogP contribution >= 0.6 is 0 Å². The lowest BCUT2D eigenvalue weighted by atomic mass is 10.1. The normalized spacial score (nSPS) is 10.9. The van der Waals surface area contributed by atoms with Gasteiger partial charge in [0.25, 0.3) is 0 Å². The molecule has 0 spiro atoms. The maximum Gasteiger partial charge on any atom is 0.225 e. The molecule has 20 heavy (non-hydrogen) atoms. The molecule has 0 fully saturated rings. The van der Waals surface area contributed by atoms with Gasteiger partial charge < -0.3 is 10.6 Å². The average molecular weight is 268 g/mol. The van der Waals surface area contributed by atoms with Crippen LogP contribution < -0.4 is 10.6 Å². The number of rotatable bonds is 6. The molecule has 4 nitrogen and oxygen atoms in total. The summed E-state index contributed by atoms with van der Waals surface area (Å²) in [6.45, 7) is 9.17. The van der Waals surface area contributed by atoms with Crippen molar-refractivity contribution in [2.24, 2.45) is 0 Å². The van der Waals surface area contributed by atoms with Crippen LogP contribution in [0.3, 0.4) is 0 Å². The number of aryl methyl sites for hydroxylation is 1. The first-order valence-electron chi connectivity index (χ1n) is 6.72. The van der Waals surface area contributed by atoms with Crippen molar-refractivity contribution in [1.29, 1.82) is 0 Å². The van der Waals surface area contributed by atoms with Gasteiger partial charge in [0, 0.05) is 18.5 Å². The molecule has 0 saturated carbocycles. The van der Waals surface area contributed by atoms with Crippen molar-refractivity contribution in [1.82, 2.24) is 9.97 Å². The Morgan fingerprint density at radius 3 is 2.80 bits per heavy atom. The summed E-state index contributed by atoms with van der Waals surface area (Å²) in [6, 6.07) is 6.17. The molecule has 4 heteroatoms. The molecule has 0 atom stereocenters. The SMILES string of the molecule is C=CCNc1nc(NC/C=C/C)nc2ccc(C)cc12. The molecule has 2 aromatic rings. The molecule has 0 aliphatic carbocycles. The second-order valence-corrected chi connectivity index (χ2v) is 4.54. The number of fused-ring (bicyclic) bond motifs is 1. The molecule has 2 N–H and O–H groups in total. The van der Waals surface area contributed by atoms with Gasteiger partial charge in [0.1, 0.15) is 5.82 Å². The fourth-order valence-corrected chi connectivity index (χ4v) is 1.89. The summed E-state index contributed by atoms with van der Waals surface area (Å²) in [5.74, 6) is 1.47. The highest BCUT2D eigenvalue weighted by Crippen LogP contribution is 2.23. The average Bonchev–Trinajstić information content (AvgIpc) is 2.45. The Labute approximate surface area is 119 Å². The van der Waals surface area contributed by atoms with Gasteiger partial charge >= 0.3 is 0 Å². The summed E-state index contributed by atoms with van der Waals surface area (Å²) < 4.78 is 0. The minimum Gasteiger partial charge on any atom is -0.366 e. The zero-order chi connectivity index (χ0) is 14.4. The largest absolute Gasteiger partial charge is 0.366 e. The molecule has 1 aromatic carbocycles. The van der Waals surface area contributed by atoms with Crippen LogP contribution in [0.25, 0.3) is 10.9 Å². The zero-order valence-corrected chi connectivity index (χ0v) is 12.0. The highest BCUT2D eigenvalue weighted by atomic mass is 15.1. The van der Waals surface area contributed by atoms with E-state index in [4.69, 9.17) is 0 Å². The van der Waals surface area contributed by atoms with Gasteiger partial charge in [-0.2, -0.15) is 4.98 Å². The molecular weight excluding hydrogens is 248 g/mol. The molecule has 0 unspecified atom stereocenters. The second-order valence-electron chi connectivity index (χ2n) is 4.54. The van der Waals surface area contributed by atoms with Gasteiger partial charge in [0.05, 0.1) is 5.52 Å². The van der Waals surface area contributed by atoms with Crippen LogP contribution in [0, 0.1) is 6.92 Å². The summed E-state index contributed by atoms with van der Waals surface area (Å²) in [5.41, 5.74) is 2.12. The summed E-state index contributed by atoms with van der Waals surface area (Å²) >= 11 is 0. The Morgan fingerprint density at radius 1 is 1.20 bits per heavy atom. The Kier molecular flexibility index (Phi) is 4.71. The van der Waals surface area contributed by atoms with E-state index >= 15 is 0 Å². The van der Waals surface area contributed by atoms with E-state index in [0.717, 1.165) is 23.3 Å². The fraction of sp³-hybridized carbons (Fsp3) is 0.250. The fourth-order valence-electron chi connectivity index (χ4n) is 1.89. The maximum atomic E-state index is 4.54. The topological polar surface area (TPSA) is 49.8 Å². The predicted octanol–water partition coefficient (Wildman–Crippen LogP) is 3.52. The molecule has 0 saturated heterocycles. The Bertz CT molecular complexity index is 632. The van der Waals surface area contributed by atoms with E-state index in [9.17, 15) is 0 Å². The molecule has 104 valence electrons. The highest BCUT2D eigenvalue weighted by molar-refractivity contribution is 5.90. The Morgan fingerprint density at radius 2 is 2.05 bits per heavy atom. The number of anilines is 2. The lowest BCUT2D eigenvalue weighted by molar-refractivity contribution is 1.14. The van der Waals surface area contributed by atoms with Crippen molar-refractivity contribution in [3.05, 3.63) is 48.6 Å². The minimum atomic E-state index is 0.631. The molecule has 0 bridgehead atoms. The highest BCUT2D eigenvalue weighted by Gasteiger charge is 2.06. The number of hydrogen-bond donors (Lipinski definition) is 2. The molecule has 1 heterocycles. The van der Waals surface area contributed by atoms with Gasteiger partial charge in [-0.1, -0.05) is 29.9 Å². The first kappa shape index (κ1) is 14.1. The third-order valence-electron chi connectivity index (χ3n) is 2.88. The van der Waals surface area contributed by atoms with E-state index < -0.39 is 0 Å². The lowest BCUT2D eigenvalue weighted by Crippen LogP contribution is -2.08. The van der Waals surface area contributed by atoms with E-state index in [1.165, 1.54) is 5.56 Å². The van der Waals surface area contributed by atoms with Crippen LogP contribution in [0.5, 0.6) is 0 Å². The van der Waals surface area contributed by atoms with Crippen LogP contribution in [0.15, 0.2) is 43.0 Å². The first-order valence-corrected chi connectivity index (χ1v) is 6.72. The third kappa shape index (κ3) is 3.35. The van der Waals surface area contributed by atoms with Gasteiger partial charge in [-0.3, -0.25) is 0 Å². The number of benzene rings is 1. The first-order chi connectivity index (χ1) is 9.74. The van der Waals surface area contributed by atoms with Crippen molar-refractivity contribution < 1.29 is 0 Å². The molecule has 0 radical (unpaired) electrons. The summed E-state index contributed by atoms with van der Waals surface area (Å²) in [7, 11) is 0. The smallest absolute Gasteiger partial charge is 0.225 e. The third-order valence-corrected chi connectivity index (χ3v) is 2.88. The zero-order valence-electron chi connectivity index (χ0n) is 12.0. The monoisotopic (exact) mass is 268 g/mol. The van der Waals surface area contributed by atoms with Crippen LogP contribution in [-0.2, 0) is 0 Å². The van der Waals surface area contributed by atoms with Crippen molar-refractivity contribution in [2.75, 3.05) is 23.7 Å². The number of aromatic nitrogens is 2. The number of nitrogens with zero attached hydrogens (tertiary/aromatic N) is 2. The standard InChI is InChI=1S/C16H20N4/c1-4-6-10-18-16-19-14-8-7-12(3)11-13(14)15(20-16)17-9-5-2/h4-8,11H,2,9-10H2,1,3H3,(H2,17,18,19,20)/b6-4+. The van der Waals surface area contributed by atoms with Crippen LogP contribution in [0.2, 0.25) is 0 Å². The summed E-state index contributed by atoms with van der Waals surface area (Å²) in [6.07, 6.45) is 5.84. The lowest BCUT2D eigenvalue weighted by Gasteiger charge is -2.10. The quantitative estimate of drug-likeness (QED) is 0.787. The van der Waals surface area contributed by atoms with Crippen LogP contribution in [0.4, 0.5) is 11.8 Å². The number of hydrogen-bond acceptors (Lipinski definition) is 4. The molecule has 0 amide bonds. The van der Waals surface area contributed by atoms with E-state index in [1.54, 1.807) is 0 Å². The number of nitrogens with one attached hydrogen (secondary N) is 2. The van der Waals surface area contributed by atoms with E-state index in [1.807, 2.05) is 31.2 Å². The molecule has 2 rings (SSSR count). The van der Waals surface area contributed by atoms with Crippen molar-refractivity contribution in [3.63, 3.8) is 0 Å². The van der Waals surface area contributed by atoms with Crippen LogP contribution in [-0.4, -0.2) is 23.1 Å². The number of allylic oxidation sites excluding steroid dienone is 1. The van der Waals surface area contributed by atoms with Crippen molar-refractivity contribution in [2.45, 2.75) is 13.8 Å². The van der Waals surface area contributed by atoms with Crippen molar-refractivity contribution in [3.8, 4) is 0 Å². The molecular formula is C16H20N4. The summed E-state index contributed by atoms with van der Waals surface area (Å²) in [4.78, 5) is 9.07. The maximum absolute atomic E-state index is 4.54. The Balaban J connectivity index is 2.40. The second kappa shape index (κ2) is 6.70. The van der Waals surface area contributed by atoms with E-state index in [-0.39, 0.29) is 0 Å².